The van der Waals surface area contributed by atoms with Gasteiger partial charge in [-0.15, -0.1) is 4.72 Å². The molecule has 0 aliphatic rings. The Morgan fingerprint density at radius 2 is 2.32 bits per heavy atom. The van der Waals surface area contributed by atoms with Crippen molar-refractivity contribution in [3.05, 3.63) is 12.3 Å². The van der Waals surface area contributed by atoms with Gasteiger partial charge < -0.3 is 14.4 Å². The van der Waals surface area contributed by atoms with Crippen molar-refractivity contribution in [2.24, 2.45) is 0 Å². The minimum atomic E-state index is -1.84. The van der Waals surface area contributed by atoms with Gasteiger partial charge in [0, 0.05) is 20.7 Å². The molecule has 9 heteroatoms. The van der Waals surface area contributed by atoms with Crippen LogP contribution in [0, 0.1) is 0 Å². The van der Waals surface area contributed by atoms with Crippen molar-refractivity contribution in [1.29, 1.82) is 0 Å². The second kappa shape index (κ2) is 6.94. The fourth-order valence-corrected chi connectivity index (χ4v) is 2.73. The molecule has 108 valence electrons. The molecule has 0 radical (unpaired) electrons. The lowest BCUT2D eigenvalue weighted by Gasteiger charge is -2.15. The number of aromatic nitrogens is 2. The lowest BCUT2D eigenvalue weighted by Crippen LogP contribution is -2.31. The predicted octanol–water partition coefficient (Wildman–Crippen LogP) is 1.49. The molecule has 19 heavy (non-hydrogen) atoms. The van der Waals surface area contributed by atoms with E-state index >= 15 is 0 Å². The maximum absolute atomic E-state index is 11.6. The summed E-state index contributed by atoms with van der Waals surface area (Å²) in [5.74, 6) is 0. The number of amides is 1. The monoisotopic (exact) mass is 305 g/mol. The van der Waals surface area contributed by atoms with Gasteiger partial charge >= 0.3 is 6.09 Å². The van der Waals surface area contributed by atoms with Gasteiger partial charge in [0.05, 0.1) is 6.20 Å². The summed E-state index contributed by atoms with van der Waals surface area (Å²) < 4.78 is 20.4. The largest absolute Gasteiger partial charge is 0.586 e. The first-order chi connectivity index (χ1) is 8.79. The van der Waals surface area contributed by atoms with E-state index in [2.05, 4.69) is 24.7 Å². The molecule has 1 atom stereocenters. The third kappa shape index (κ3) is 6.10. The zero-order valence-electron chi connectivity index (χ0n) is 11.3. The summed E-state index contributed by atoms with van der Waals surface area (Å²) in [4.78, 5) is 10.4. The smallest absolute Gasteiger partial charge is 0.446 e. The van der Waals surface area contributed by atoms with Crippen LogP contribution >= 0.6 is 0 Å². The third-order valence-corrected chi connectivity index (χ3v) is 5.05. The highest BCUT2D eigenvalue weighted by Gasteiger charge is 2.20. The Morgan fingerprint density at radius 3 is 2.89 bits per heavy atom. The lowest BCUT2D eigenvalue weighted by atomic mass is 10.7. The van der Waals surface area contributed by atoms with Gasteiger partial charge in [0.25, 0.3) is 5.03 Å². The van der Waals surface area contributed by atoms with Crippen LogP contribution in [0.15, 0.2) is 17.3 Å². The van der Waals surface area contributed by atoms with E-state index in [4.69, 9.17) is 9.84 Å². The molecule has 1 amide bonds. The molecule has 1 aromatic rings. The summed E-state index contributed by atoms with van der Waals surface area (Å²) in [6, 6.07) is 2.52. The van der Waals surface area contributed by atoms with Crippen LogP contribution in [0.2, 0.25) is 25.7 Å². The van der Waals surface area contributed by atoms with Crippen LogP contribution in [0.3, 0.4) is 0 Å². The maximum atomic E-state index is 11.6. The van der Waals surface area contributed by atoms with E-state index in [0.29, 0.717) is 6.61 Å². The second-order valence-corrected chi connectivity index (χ2v) is 12.0. The van der Waals surface area contributed by atoms with Crippen molar-refractivity contribution in [3.63, 3.8) is 0 Å². The van der Waals surface area contributed by atoms with Crippen molar-refractivity contribution >= 4 is 25.5 Å². The van der Waals surface area contributed by atoms with Crippen molar-refractivity contribution in [2.75, 3.05) is 6.61 Å². The predicted molar refractivity (Wildman–Crippen MR) is 73.9 cm³/mol. The van der Waals surface area contributed by atoms with Crippen LogP contribution in [0.4, 0.5) is 4.79 Å². The SMILES string of the molecule is C[Si](C)(C)CCOCn1nccc1[S@+]([O-])NC(=O)O. The average molecular weight is 305 g/mol. The molecule has 0 saturated carbocycles. The number of nitrogens with one attached hydrogen (secondary N) is 1. The number of carboxylic acid groups (broad SMARTS) is 1. The molecule has 0 aliphatic heterocycles. The van der Waals surface area contributed by atoms with Crippen molar-refractivity contribution < 1.29 is 19.2 Å². The fraction of sp³-hybridized carbons (Fsp3) is 0.600. The summed E-state index contributed by atoms with van der Waals surface area (Å²) in [6.45, 7) is 7.54. The topological polar surface area (TPSA) is 99.4 Å². The Bertz CT molecular complexity index is 421. The van der Waals surface area contributed by atoms with Gasteiger partial charge in [0.15, 0.2) is 0 Å². The highest BCUT2D eigenvalue weighted by Crippen LogP contribution is 2.10. The number of ether oxygens (including phenoxy) is 1. The zero-order valence-corrected chi connectivity index (χ0v) is 13.1. The maximum Gasteiger partial charge on any atom is 0.446 e. The van der Waals surface area contributed by atoms with Gasteiger partial charge in [-0.2, -0.15) is 9.78 Å². The molecule has 7 nitrogen and oxygen atoms in total. The summed E-state index contributed by atoms with van der Waals surface area (Å²) in [7, 11) is -1.14. The summed E-state index contributed by atoms with van der Waals surface area (Å²) in [6.07, 6.45) is 0.115. The number of hydrogen-bond donors (Lipinski definition) is 2. The molecular formula is C10H19N3O4SSi. The van der Waals surface area contributed by atoms with Crippen LogP contribution < -0.4 is 4.72 Å². The Balaban J connectivity index is 2.47. The molecular weight excluding hydrogens is 286 g/mol. The first-order valence-electron chi connectivity index (χ1n) is 5.80. The minimum Gasteiger partial charge on any atom is -0.586 e. The molecule has 0 aliphatic carbocycles. The summed E-state index contributed by atoms with van der Waals surface area (Å²) in [5, 5.41) is 12.7. The zero-order chi connectivity index (χ0) is 14.5. The first kappa shape index (κ1) is 16.0. The first-order valence-corrected chi connectivity index (χ1v) is 10.7. The van der Waals surface area contributed by atoms with E-state index in [9.17, 15) is 9.35 Å². The van der Waals surface area contributed by atoms with Crippen LogP contribution in [-0.4, -0.2) is 40.2 Å². The van der Waals surface area contributed by atoms with E-state index in [1.54, 1.807) is 0 Å². The molecule has 0 fully saturated rings. The Morgan fingerprint density at radius 1 is 1.63 bits per heavy atom. The Labute approximate surface area is 116 Å². The van der Waals surface area contributed by atoms with E-state index in [-0.39, 0.29) is 11.8 Å². The minimum absolute atomic E-state index is 0.167. The van der Waals surface area contributed by atoms with E-state index in [1.807, 2.05) is 4.72 Å². The number of hydrogen-bond acceptors (Lipinski definition) is 4. The highest BCUT2D eigenvalue weighted by atomic mass is 32.2. The standard InChI is InChI=1S/C10H19N3O4SSi/c1-19(2,3)7-6-17-8-13-9(4-5-11-13)18(16)12-10(14)15/h4-5,12H,6-8H2,1-3H3,(H,14,15)/t18-/m0/s1. The van der Waals surface area contributed by atoms with Crippen molar-refractivity contribution in [3.8, 4) is 0 Å². The van der Waals surface area contributed by atoms with Crippen LogP contribution in [-0.2, 0) is 22.8 Å². The molecule has 0 bridgehead atoms. The molecule has 2 N–H and O–H groups in total. The normalized spacial score (nSPS) is 13.3. The summed E-state index contributed by atoms with van der Waals surface area (Å²) >= 11 is -1.84. The van der Waals surface area contributed by atoms with Gasteiger partial charge in [-0.3, -0.25) is 0 Å². The van der Waals surface area contributed by atoms with Crippen molar-refractivity contribution in [1.82, 2.24) is 14.5 Å². The van der Waals surface area contributed by atoms with E-state index < -0.39 is 25.5 Å². The molecule has 1 heterocycles. The molecule has 1 aromatic heterocycles. The molecule has 1 rings (SSSR count). The van der Waals surface area contributed by atoms with Gasteiger partial charge in [0.1, 0.15) is 18.1 Å². The summed E-state index contributed by atoms with van der Waals surface area (Å²) in [5.41, 5.74) is 0. The molecule has 0 spiro atoms. The highest BCUT2D eigenvalue weighted by molar-refractivity contribution is 7.90. The number of carbonyl (C=O) groups is 1. The van der Waals surface area contributed by atoms with Crippen molar-refractivity contribution in [2.45, 2.75) is 37.4 Å². The van der Waals surface area contributed by atoms with Gasteiger partial charge in [0.2, 0.25) is 0 Å². The molecule has 0 unspecified atom stereocenters. The Kier molecular flexibility index (Phi) is 5.85. The molecule has 0 saturated heterocycles. The van der Waals surface area contributed by atoms with E-state index in [1.165, 1.54) is 16.9 Å². The Hall–Kier alpha value is -1.03. The second-order valence-electron chi connectivity index (χ2n) is 5.19. The number of rotatable bonds is 7. The lowest BCUT2D eigenvalue weighted by molar-refractivity contribution is 0.0721. The molecule has 0 aromatic carbocycles. The van der Waals surface area contributed by atoms with Crippen LogP contribution in [0.25, 0.3) is 0 Å². The third-order valence-electron chi connectivity index (χ3n) is 2.26. The van der Waals surface area contributed by atoms with Crippen LogP contribution in [0.5, 0.6) is 0 Å². The van der Waals surface area contributed by atoms with Gasteiger partial charge in [-0.25, -0.2) is 4.79 Å². The van der Waals surface area contributed by atoms with Gasteiger partial charge in [-0.1, -0.05) is 19.6 Å². The number of nitrogens with zero attached hydrogens (tertiary/aromatic N) is 2. The fourth-order valence-electron chi connectivity index (χ4n) is 1.24. The van der Waals surface area contributed by atoms with Gasteiger partial charge in [-0.05, 0) is 6.04 Å². The van der Waals surface area contributed by atoms with E-state index in [0.717, 1.165) is 6.04 Å². The quantitative estimate of drug-likeness (QED) is 0.451. The average Bonchev–Trinajstić information content (AvgIpc) is 2.70. The van der Waals surface area contributed by atoms with Crippen LogP contribution in [0.1, 0.15) is 0 Å².